The average molecular weight is 465 g/mol. The molecule has 1 fully saturated rings. The highest BCUT2D eigenvalue weighted by molar-refractivity contribution is 14.0. The Bertz CT molecular complexity index is 471. The van der Waals surface area contributed by atoms with Crippen molar-refractivity contribution in [3.63, 3.8) is 0 Å². The third-order valence-corrected chi connectivity index (χ3v) is 5.10. The number of nitrogens with zero attached hydrogens (tertiary/aromatic N) is 3. The zero-order valence-corrected chi connectivity index (χ0v) is 18.2. The number of aryl methyl sites for hydroxylation is 1. The van der Waals surface area contributed by atoms with E-state index in [1.54, 1.807) is 11.3 Å². The van der Waals surface area contributed by atoms with Gasteiger partial charge in [-0.1, -0.05) is 12.8 Å². The molecule has 0 amide bonds. The number of unbranched alkanes of at least 4 members (excludes halogenated alkanes) is 2. The van der Waals surface area contributed by atoms with Crippen LogP contribution in [-0.2, 0) is 6.54 Å². The van der Waals surface area contributed by atoms with Gasteiger partial charge in [-0.05, 0) is 52.2 Å². The van der Waals surface area contributed by atoms with Crippen LogP contribution < -0.4 is 10.6 Å². The quantitative estimate of drug-likeness (QED) is 0.268. The van der Waals surface area contributed by atoms with Gasteiger partial charge in [0.25, 0.3) is 0 Å². The van der Waals surface area contributed by atoms with Crippen LogP contribution in [0.3, 0.4) is 0 Å². The van der Waals surface area contributed by atoms with Crippen molar-refractivity contribution in [3.8, 4) is 0 Å². The minimum Gasteiger partial charge on any atom is -0.356 e. The summed E-state index contributed by atoms with van der Waals surface area (Å²) in [5, 5.41) is 7.81. The number of guanidine groups is 1. The van der Waals surface area contributed by atoms with Crippen LogP contribution in [0.25, 0.3) is 0 Å². The lowest BCUT2D eigenvalue weighted by Crippen LogP contribution is -2.37. The van der Waals surface area contributed by atoms with Gasteiger partial charge in [-0.2, -0.15) is 0 Å². The number of thiazole rings is 1. The number of rotatable bonds is 8. The number of aromatic nitrogens is 1. The average Bonchev–Trinajstić information content (AvgIpc) is 3.00. The van der Waals surface area contributed by atoms with Crippen molar-refractivity contribution in [1.82, 2.24) is 20.5 Å². The van der Waals surface area contributed by atoms with E-state index in [1.165, 1.54) is 63.0 Å². The number of hydrogen-bond donors (Lipinski definition) is 2. The molecule has 0 bridgehead atoms. The molecule has 0 radical (unpaired) electrons. The van der Waals surface area contributed by atoms with Gasteiger partial charge in [-0.3, -0.25) is 4.99 Å². The molecule has 0 aliphatic carbocycles. The zero-order chi connectivity index (χ0) is 16.3. The van der Waals surface area contributed by atoms with E-state index in [0.717, 1.165) is 24.1 Å². The third kappa shape index (κ3) is 8.62. The van der Waals surface area contributed by atoms with Crippen LogP contribution in [0, 0.1) is 6.92 Å². The largest absolute Gasteiger partial charge is 0.356 e. The molecule has 1 aliphatic rings. The fourth-order valence-electron chi connectivity index (χ4n) is 2.89. The molecule has 0 saturated carbocycles. The molecule has 7 heteroatoms. The van der Waals surface area contributed by atoms with Crippen molar-refractivity contribution in [1.29, 1.82) is 0 Å². The van der Waals surface area contributed by atoms with E-state index in [4.69, 9.17) is 0 Å². The molecule has 5 nitrogen and oxygen atoms in total. The molecule has 1 aromatic heterocycles. The highest BCUT2D eigenvalue weighted by Gasteiger charge is 2.08. The third-order valence-electron chi connectivity index (χ3n) is 4.19. The molecule has 0 atom stereocenters. The summed E-state index contributed by atoms with van der Waals surface area (Å²) >= 11 is 1.73. The van der Waals surface area contributed by atoms with Gasteiger partial charge in [-0.15, -0.1) is 35.3 Å². The zero-order valence-electron chi connectivity index (χ0n) is 15.0. The van der Waals surface area contributed by atoms with Gasteiger partial charge in [0.05, 0.1) is 6.54 Å². The lowest BCUT2D eigenvalue weighted by Gasteiger charge is -2.26. The Kier molecular flexibility index (Phi) is 11.6. The second kappa shape index (κ2) is 12.9. The van der Waals surface area contributed by atoms with Crippen molar-refractivity contribution in [2.45, 2.75) is 52.0 Å². The first kappa shape index (κ1) is 21.6. The van der Waals surface area contributed by atoms with E-state index >= 15 is 0 Å². The summed E-state index contributed by atoms with van der Waals surface area (Å²) in [7, 11) is 1.82. The number of piperidine rings is 1. The van der Waals surface area contributed by atoms with Gasteiger partial charge in [-0.25, -0.2) is 4.98 Å². The standard InChI is InChI=1S/C17H31N5S.HI/c1-15-13-20-16(23-15)14-21-17(18-2)19-9-5-3-6-10-22-11-7-4-8-12-22;/h13H,3-12,14H2,1-2H3,(H2,18,19,21);1H. The summed E-state index contributed by atoms with van der Waals surface area (Å²) in [6.07, 6.45) is 9.92. The van der Waals surface area contributed by atoms with Crippen molar-refractivity contribution >= 4 is 41.3 Å². The van der Waals surface area contributed by atoms with Crippen molar-refractivity contribution < 1.29 is 0 Å². The summed E-state index contributed by atoms with van der Waals surface area (Å²) in [6.45, 7) is 7.70. The van der Waals surface area contributed by atoms with E-state index in [-0.39, 0.29) is 24.0 Å². The highest BCUT2D eigenvalue weighted by atomic mass is 127. The number of halogens is 1. The number of nitrogens with one attached hydrogen (secondary N) is 2. The Morgan fingerprint density at radius 3 is 2.67 bits per heavy atom. The summed E-state index contributed by atoms with van der Waals surface area (Å²) < 4.78 is 0. The predicted octanol–water partition coefficient (Wildman–Crippen LogP) is 3.39. The molecule has 2 heterocycles. The Balaban J connectivity index is 0.00000288. The second-order valence-electron chi connectivity index (χ2n) is 6.18. The van der Waals surface area contributed by atoms with E-state index in [0.29, 0.717) is 0 Å². The maximum Gasteiger partial charge on any atom is 0.191 e. The maximum absolute atomic E-state index is 4.36. The molecule has 0 spiro atoms. The van der Waals surface area contributed by atoms with Gasteiger partial charge >= 0.3 is 0 Å². The predicted molar refractivity (Wildman–Crippen MR) is 115 cm³/mol. The minimum absolute atomic E-state index is 0. The van der Waals surface area contributed by atoms with Crippen molar-refractivity contribution in [3.05, 3.63) is 16.1 Å². The van der Waals surface area contributed by atoms with Gasteiger partial charge in [0.2, 0.25) is 0 Å². The van der Waals surface area contributed by atoms with E-state index in [2.05, 4.69) is 32.4 Å². The first-order valence-electron chi connectivity index (χ1n) is 8.86. The Morgan fingerprint density at radius 1 is 1.21 bits per heavy atom. The number of aliphatic imine (C=N–C) groups is 1. The van der Waals surface area contributed by atoms with Gasteiger partial charge in [0.1, 0.15) is 5.01 Å². The van der Waals surface area contributed by atoms with Crippen LogP contribution >= 0.6 is 35.3 Å². The molecule has 2 rings (SSSR count). The summed E-state index contributed by atoms with van der Waals surface area (Å²) in [4.78, 5) is 12.5. The summed E-state index contributed by atoms with van der Waals surface area (Å²) in [5.41, 5.74) is 0. The molecular formula is C17H32IN5S. The molecule has 24 heavy (non-hydrogen) atoms. The van der Waals surface area contributed by atoms with E-state index in [1.807, 2.05) is 13.2 Å². The van der Waals surface area contributed by atoms with Crippen LogP contribution in [0.2, 0.25) is 0 Å². The number of likely N-dealkylation sites (tertiary alicyclic amines) is 1. The summed E-state index contributed by atoms with van der Waals surface area (Å²) in [6, 6.07) is 0. The van der Waals surface area contributed by atoms with Crippen molar-refractivity contribution in [2.75, 3.05) is 33.2 Å². The molecule has 1 saturated heterocycles. The highest BCUT2D eigenvalue weighted by Crippen LogP contribution is 2.10. The van der Waals surface area contributed by atoms with Crippen LogP contribution in [0.15, 0.2) is 11.2 Å². The van der Waals surface area contributed by atoms with Crippen molar-refractivity contribution in [2.24, 2.45) is 4.99 Å². The first-order valence-corrected chi connectivity index (χ1v) is 9.68. The second-order valence-corrected chi connectivity index (χ2v) is 7.50. The minimum atomic E-state index is 0. The monoisotopic (exact) mass is 465 g/mol. The van der Waals surface area contributed by atoms with Gasteiger partial charge < -0.3 is 15.5 Å². The summed E-state index contributed by atoms with van der Waals surface area (Å²) in [5.74, 6) is 0.869. The van der Waals surface area contributed by atoms with E-state index < -0.39 is 0 Å². The maximum atomic E-state index is 4.36. The molecule has 0 aromatic carbocycles. The molecular weight excluding hydrogens is 433 g/mol. The van der Waals surface area contributed by atoms with Gasteiger partial charge in [0, 0.05) is 24.7 Å². The fourth-order valence-corrected chi connectivity index (χ4v) is 3.62. The van der Waals surface area contributed by atoms with Crippen LogP contribution in [0.5, 0.6) is 0 Å². The lowest BCUT2D eigenvalue weighted by molar-refractivity contribution is 0.224. The Hall–Kier alpha value is -0.410. The first-order chi connectivity index (χ1) is 11.3. The molecule has 1 aliphatic heterocycles. The van der Waals surface area contributed by atoms with Crippen LogP contribution in [-0.4, -0.2) is 49.1 Å². The fraction of sp³-hybridized carbons (Fsp3) is 0.765. The Morgan fingerprint density at radius 2 is 2.00 bits per heavy atom. The SMILES string of the molecule is CN=C(NCCCCCN1CCCCC1)NCc1ncc(C)s1.I. The molecule has 1 aromatic rings. The molecule has 138 valence electrons. The Labute approximate surface area is 167 Å². The van der Waals surface area contributed by atoms with Gasteiger partial charge in [0.15, 0.2) is 5.96 Å². The topological polar surface area (TPSA) is 52.6 Å². The molecule has 2 N–H and O–H groups in total. The smallest absolute Gasteiger partial charge is 0.191 e. The normalized spacial score (nSPS) is 15.8. The van der Waals surface area contributed by atoms with Crippen LogP contribution in [0.1, 0.15) is 48.4 Å². The molecule has 0 unspecified atom stereocenters. The van der Waals surface area contributed by atoms with Crippen LogP contribution in [0.4, 0.5) is 0 Å². The number of hydrogen-bond acceptors (Lipinski definition) is 4. The van der Waals surface area contributed by atoms with E-state index in [9.17, 15) is 0 Å². The lowest BCUT2D eigenvalue weighted by atomic mass is 10.1.